The lowest BCUT2D eigenvalue weighted by Gasteiger charge is -2.13. The van der Waals surface area contributed by atoms with Crippen molar-refractivity contribution in [3.05, 3.63) is 59.7 Å². The topological polar surface area (TPSA) is 85.0 Å². The van der Waals surface area contributed by atoms with Crippen LogP contribution in [0.4, 0.5) is 4.79 Å². The van der Waals surface area contributed by atoms with Gasteiger partial charge in [0.15, 0.2) is 11.5 Å². The Morgan fingerprint density at radius 3 is 2.68 bits per heavy atom. The Labute approximate surface area is 146 Å². The maximum absolute atomic E-state index is 10.9. The van der Waals surface area contributed by atoms with Crippen molar-refractivity contribution in [3.63, 3.8) is 0 Å². The number of primary amides is 1. The van der Waals surface area contributed by atoms with Crippen molar-refractivity contribution in [1.82, 2.24) is 5.06 Å². The minimum Gasteiger partial charge on any atom is -0.493 e. The van der Waals surface area contributed by atoms with E-state index in [-0.39, 0.29) is 18.4 Å². The van der Waals surface area contributed by atoms with Gasteiger partial charge in [-0.1, -0.05) is 36.4 Å². The molecule has 0 saturated heterocycles. The zero-order valence-corrected chi connectivity index (χ0v) is 14.1. The summed E-state index contributed by atoms with van der Waals surface area (Å²) in [6.45, 7) is 0.718. The van der Waals surface area contributed by atoms with Crippen LogP contribution in [-0.4, -0.2) is 30.0 Å². The summed E-state index contributed by atoms with van der Waals surface area (Å²) in [7, 11) is 1.61. The van der Waals surface area contributed by atoms with E-state index in [2.05, 4.69) is 0 Å². The van der Waals surface area contributed by atoms with Crippen molar-refractivity contribution in [2.75, 3.05) is 13.7 Å². The van der Waals surface area contributed by atoms with Gasteiger partial charge in [-0.3, -0.25) is 5.21 Å². The molecule has 1 aliphatic rings. The molecule has 2 amide bonds. The largest absolute Gasteiger partial charge is 0.493 e. The molecule has 0 aliphatic heterocycles. The standard InChI is InChI=1S/C19H22N2O4/c1-24-18-10-14(16-9-15(16)11-21(23)19(20)22)7-8-17(18)25-12-13-5-3-2-4-6-13/h2-8,10,15-16,23H,9,11-12H2,1H3,(H2,20,22). The smallest absolute Gasteiger partial charge is 0.338 e. The highest BCUT2D eigenvalue weighted by molar-refractivity contribution is 5.70. The molecule has 2 atom stereocenters. The van der Waals surface area contributed by atoms with Crippen LogP contribution in [0, 0.1) is 5.92 Å². The highest BCUT2D eigenvalue weighted by Gasteiger charge is 2.40. The third-order valence-electron chi connectivity index (χ3n) is 4.44. The van der Waals surface area contributed by atoms with E-state index in [0.717, 1.165) is 17.5 Å². The lowest BCUT2D eigenvalue weighted by Crippen LogP contribution is -2.34. The van der Waals surface area contributed by atoms with Gasteiger partial charge in [-0.2, -0.15) is 0 Å². The number of hydroxylamine groups is 2. The van der Waals surface area contributed by atoms with E-state index in [1.165, 1.54) is 0 Å². The van der Waals surface area contributed by atoms with Crippen LogP contribution in [0.1, 0.15) is 23.5 Å². The van der Waals surface area contributed by atoms with Gasteiger partial charge in [-0.25, -0.2) is 9.86 Å². The molecule has 25 heavy (non-hydrogen) atoms. The number of nitrogens with zero attached hydrogens (tertiary/aromatic N) is 1. The summed E-state index contributed by atoms with van der Waals surface area (Å²) < 4.78 is 11.3. The molecule has 3 N–H and O–H groups in total. The van der Waals surface area contributed by atoms with Crippen LogP contribution in [0.5, 0.6) is 11.5 Å². The van der Waals surface area contributed by atoms with E-state index in [1.807, 2.05) is 48.5 Å². The Kier molecular flexibility index (Phi) is 5.09. The number of benzene rings is 2. The number of ether oxygens (including phenoxy) is 2. The average Bonchev–Trinajstić information content (AvgIpc) is 3.39. The van der Waals surface area contributed by atoms with Crippen LogP contribution in [0.3, 0.4) is 0 Å². The highest BCUT2D eigenvalue weighted by Crippen LogP contribution is 2.49. The normalized spacial score (nSPS) is 18.5. The predicted octanol–water partition coefficient (Wildman–Crippen LogP) is 3.15. The molecule has 3 rings (SSSR count). The maximum atomic E-state index is 10.9. The molecule has 0 bridgehead atoms. The fourth-order valence-corrected chi connectivity index (χ4v) is 2.94. The van der Waals surface area contributed by atoms with Gasteiger partial charge in [0.25, 0.3) is 0 Å². The SMILES string of the molecule is COc1cc(C2CC2CN(O)C(N)=O)ccc1OCc1ccccc1. The Bertz CT molecular complexity index is 735. The monoisotopic (exact) mass is 342 g/mol. The van der Waals surface area contributed by atoms with Crippen molar-refractivity contribution in [1.29, 1.82) is 0 Å². The third kappa shape index (κ3) is 4.22. The predicted molar refractivity (Wildman–Crippen MR) is 92.7 cm³/mol. The Balaban J connectivity index is 1.63. The molecule has 132 valence electrons. The molecule has 2 unspecified atom stereocenters. The number of hydrogen-bond acceptors (Lipinski definition) is 4. The fourth-order valence-electron chi connectivity index (χ4n) is 2.94. The van der Waals surface area contributed by atoms with Crippen LogP contribution in [0.25, 0.3) is 0 Å². The summed E-state index contributed by atoms with van der Waals surface area (Å²) in [5.41, 5.74) is 7.24. The van der Waals surface area contributed by atoms with E-state index in [9.17, 15) is 10.0 Å². The second-order valence-corrected chi connectivity index (χ2v) is 6.21. The summed E-state index contributed by atoms with van der Waals surface area (Å²) in [6.07, 6.45) is 0.901. The van der Waals surface area contributed by atoms with Crippen molar-refractivity contribution in [3.8, 4) is 11.5 Å². The molecule has 0 aromatic heterocycles. The number of carbonyl (C=O) groups is 1. The molecular formula is C19H22N2O4. The first kappa shape index (κ1) is 17.1. The quantitative estimate of drug-likeness (QED) is 0.598. The molecule has 0 heterocycles. The number of carbonyl (C=O) groups excluding carboxylic acids is 1. The van der Waals surface area contributed by atoms with Gasteiger partial charge in [-0.05, 0) is 41.5 Å². The van der Waals surface area contributed by atoms with E-state index in [4.69, 9.17) is 15.2 Å². The second kappa shape index (κ2) is 7.44. The number of hydrogen-bond donors (Lipinski definition) is 2. The molecule has 2 aromatic rings. The molecule has 1 saturated carbocycles. The maximum Gasteiger partial charge on any atom is 0.338 e. The van der Waals surface area contributed by atoms with Gasteiger partial charge < -0.3 is 15.2 Å². The number of urea groups is 1. The molecule has 0 spiro atoms. The van der Waals surface area contributed by atoms with Crippen LogP contribution in [0.2, 0.25) is 0 Å². The van der Waals surface area contributed by atoms with Gasteiger partial charge >= 0.3 is 6.03 Å². The minimum absolute atomic E-state index is 0.207. The lowest BCUT2D eigenvalue weighted by molar-refractivity contribution is -0.0431. The summed E-state index contributed by atoms with van der Waals surface area (Å²) in [5.74, 6) is 1.85. The zero-order valence-electron chi connectivity index (χ0n) is 14.1. The Morgan fingerprint density at radius 2 is 2.00 bits per heavy atom. The molecule has 1 fully saturated rings. The van der Waals surface area contributed by atoms with Gasteiger partial charge in [-0.15, -0.1) is 0 Å². The van der Waals surface area contributed by atoms with Crippen molar-refractivity contribution >= 4 is 6.03 Å². The third-order valence-corrected chi connectivity index (χ3v) is 4.44. The van der Waals surface area contributed by atoms with Gasteiger partial charge in [0.1, 0.15) is 6.61 Å². The molecule has 1 aliphatic carbocycles. The molecule has 6 nitrogen and oxygen atoms in total. The molecular weight excluding hydrogens is 320 g/mol. The molecule has 2 aromatic carbocycles. The number of methoxy groups -OCH3 is 1. The van der Waals surface area contributed by atoms with Crippen molar-refractivity contribution in [2.45, 2.75) is 18.9 Å². The first-order valence-corrected chi connectivity index (χ1v) is 8.19. The summed E-state index contributed by atoms with van der Waals surface area (Å²) >= 11 is 0. The molecule has 6 heteroatoms. The Morgan fingerprint density at radius 1 is 1.24 bits per heavy atom. The average molecular weight is 342 g/mol. The van der Waals surface area contributed by atoms with E-state index >= 15 is 0 Å². The van der Waals surface area contributed by atoms with Crippen LogP contribution < -0.4 is 15.2 Å². The minimum atomic E-state index is -0.826. The summed E-state index contributed by atoms with van der Waals surface area (Å²) in [5, 5.41) is 10.0. The first-order chi connectivity index (χ1) is 12.1. The van der Waals surface area contributed by atoms with E-state index in [0.29, 0.717) is 23.2 Å². The van der Waals surface area contributed by atoms with Crippen LogP contribution in [0.15, 0.2) is 48.5 Å². The van der Waals surface area contributed by atoms with Gasteiger partial charge in [0, 0.05) is 0 Å². The lowest BCUT2D eigenvalue weighted by atomic mass is 10.1. The fraction of sp³-hybridized carbons (Fsp3) is 0.316. The van der Waals surface area contributed by atoms with E-state index in [1.54, 1.807) is 7.11 Å². The number of nitrogens with two attached hydrogens (primary N) is 1. The first-order valence-electron chi connectivity index (χ1n) is 8.19. The van der Waals surface area contributed by atoms with Crippen LogP contribution in [-0.2, 0) is 6.61 Å². The molecule has 0 radical (unpaired) electrons. The highest BCUT2D eigenvalue weighted by atomic mass is 16.5. The zero-order chi connectivity index (χ0) is 17.8. The number of rotatable bonds is 7. The van der Waals surface area contributed by atoms with Gasteiger partial charge in [0.2, 0.25) is 0 Å². The Hall–Kier alpha value is -2.73. The number of amides is 2. The summed E-state index contributed by atoms with van der Waals surface area (Å²) in [6, 6.07) is 15.0. The van der Waals surface area contributed by atoms with Crippen molar-refractivity contribution < 1.29 is 19.5 Å². The second-order valence-electron chi connectivity index (χ2n) is 6.21. The van der Waals surface area contributed by atoms with Crippen molar-refractivity contribution in [2.24, 2.45) is 11.7 Å². The van der Waals surface area contributed by atoms with Gasteiger partial charge in [0.05, 0.1) is 13.7 Å². The summed E-state index contributed by atoms with van der Waals surface area (Å²) in [4.78, 5) is 10.9. The van der Waals surface area contributed by atoms with E-state index < -0.39 is 6.03 Å². The van der Waals surface area contributed by atoms with Crippen LogP contribution >= 0.6 is 0 Å².